The van der Waals surface area contributed by atoms with E-state index in [1.165, 1.54) is 18.3 Å². The Morgan fingerprint density at radius 2 is 1.89 bits per heavy atom. The molecule has 0 spiro atoms. The van der Waals surface area contributed by atoms with Gasteiger partial charge in [0.25, 0.3) is 5.91 Å². The van der Waals surface area contributed by atoms with Crippen LogP contribution in [0.2, 0.25) is 0 Å². The normalized spacial score (nSPS) is 15.4. The second-order valence-electron chi connectivity index (χ2n) is 15.9. The molecule has 0 aliphatic carbocycles. The number of fused-ring (bicyclic) bond motifs is 1. The van der Waals surface area contributed by atoms with Crippen LogP contribution in [0.3, 0.4) is 0 Å². The number of carbonyl (C=O) groups is 3. The molecule has 298 valence electrons. The number of aromatic nitrogens is 3. The molecular weight excluding hydrogens is 715 g/mol. The molecule has 2 N–H and O–H groups in total. The van der Waals surface area contributed by atoms with E-state index in [2.05, 4.69) is 60.3 Å². The number of hydrazine groups is 1. The van der Waals surface area contributed by atoms with Crippen LogP contribution in [0.15, 0.2) is 41.9 Å². The van der Waals surface area contributed by atoms with E-state index in [0.29, 0.717) is 13.0 Å². The molecule has 12 nitrogen and oxygen atoms in total. The minimum atomic E-state index is -0.767. The summed E-state index contributed by atoms with van der Waals surface area (Å²) in [7, 11) is 5.46. The average molecular weight is 774 g/mol. The molecule has 1 saturated heterocycles. The van der Waals surface area contributed by atoms with Crippen molar-refractivity contribution in [2.75, 3.05) is 40.9 Å². The van der Waals surface area contributed by atoms with Crippen molar-refractivity contribution in [2.24, 2.45) is 11.3 Å². The fraction of sp³-hybridized carbons (Fsp3) is 0.548. The quantitative estimate of drug-likeness (QED) is 0.124. The number of nitrogens with zero attached hydrogens (tertiary/aromatic N) is 5. The van der Waals surface area contributed by atoms with Gasteiger partial charge in [-0.25, -0.2) is 10.4 Å². The Balaban J connectivity index is 1.56. The molecule has 1 aromatic carbocycles. The van der Waals surface area contributed by atoms with E-state index in [1.807, 2.05) is 51.2 Å². The van der Waals surface area contributed by atoms with E-state index < -0.39 is 6.04 Å². The Morgan fingerprint density at radius 1 is 1.13 bits per heavy atom. The Labute approximate surface area is 330 Å². The van der Waals surface area contributed by atoms with Crippen molar-refractivity contribution in [3.8, 4) is 22.5 Å². The Hall–Kier alpha value is -4.17. The van der Waals surface area contributed by atoms with Gasteiger partial charge in [0, 0.05) is 79.1 Å². The number of carbonyl (C=O) groups excluding carboxylic acids is 3. The first-order chi connectivity index (χ1) is 26.1. The maximum absolute atomic E-state index is 13.9. The number of rotatable bonds is 16. The SMILES string of the molecule is CCn1c(-c2cccnc2C(C)OC)c(CC(C)(C)COC(C)=O)c2cc(-c3csc(CC(NC(=O)C(C(C)C)N(C)C)C(=O)N4CCCCN4)n3)ccc21. The van der Waals surface area contributed by atoms with Gasteiger partial charge in [-0.3, -0.25) is 29.3 Å². The fourth-order valence-electron chi connectivity index (χ4n) is 7.65. The summed E-state index contributed by atoms with van der Waals surface area (Å²) in [5, 5.41) is 8.62. The molecule has 4 heterocycles. The monoisotopic (exact) mass is 773 g/mol. The zero-order chi connectivity index (χ0) is 40.0. The summed E-state index contributed by atoms with van der Waals surface area (Å²) in [6.07, 6.45) is 4.40. The van der Waals surface area contributed by atoms with Crippen molar-refractivity contribution in [3.63, 3.8) is 0 Å². The number of thiazole rings is 1. The van der Waals surface area contributed by atoms with E-state index >= 15 is 0 Å². The van der Waals surface area contributed by atoms with Gasteiger partial charge >= 0.3 is 5.97 Å². The summed E-state index contributed by atoms with van der Waals surface area (Å²) in [4.78, 5) is 51.1. The third-order valence-electron chi connectivity index (χ3n) is 10.3. The summed E-state index contributed by atoms with van der Waals surface area (Å²) in [6, 6.07) is 9.36. The van der Waals surface area contributed by atoms with E-state index in [1.54, 1.807) is 18.3 Å². The first kappa shape index (κ1) is 42.0. The fourth-order valence-corrected chi connectivity index (χ4v) is 8.50. The van der Waals surface area contributed by atoms with Crippen molar-refractivity contribution < 1.29 is 23.9 Å². The molecular formula is C42H59N7O5S. The number of pyridine rings is 1. The highest BCUT2D eigenvalue weighted by molar-refractivity contribution is 7.10. The Bertz CT molecular complexity index is 1950. The molecule has 0 saturated carbocycles. The second kappa shape index (κ2) is 18.2. The number of esters is 1. The van der Waals surface area contributed by atoms with Crippen LogP contribution in [-0.2, 0) is 43.2 Å². The Kier molecular flexibility index (Phi) is 13.9. The number of aryl methyl sites for hydroxylation is 1. The van der Waals surface area contributed by atoms with Crippen LogP contribution in [0.5, 0.6) is 0 Å². The summed E-state index contributed by atoms with van der Waals surface area (Å²) < 4.78 is 13.6. The molecule has 1 aliphatic heterocycles. The van der Waals surface area contributed by atoms with Gasteiger partial charge in [-0.1, -0.05) is 33.8 Å². The number of hydrogen-bond acceptors (Lipinski definition) is 10. The lowest BCUT2D eigenvalue weighted by atomic mass is 9.84. The summed E-state index contributed by atoms with van der Waals surface area (Å²) in [5.41, 5.74) is 9.73. The number of nitrogens with one attached hydrogen (secondary N) is 2. The van der Waals surface area contributed by atoms with Gasteiger partial charge in [-0.05, 0) is 83.0 Å². The van der Waals surface area contributed by atoms with E-state index in [4.69, 9.17) is 19.4 Å². The zero-order valence-electron chi connectivity index (χ0n) is 34.2. The third kappa shape index (κ3) is 9.80. The van der Waals surface area contributed by atoms with E-state index in [9.17, 15) is 14.4 Å². The topological polar surface area (TPSA) is 131 Å². The molecule has 4 aromatic rings. The molecule has 5 rings (SSSR count). The van der Waals surface area contributed by atoms with Gasteiger partial charge in [0.15, 0.2) is 0 Å². The third-order valence-corrected chi connectivity index (χ3v) is 11.2. The van der Waals surface area contributed by atoms with Crippen LogP contribution in [-0.4, -0.2) is 95.2 Å². The maximum atomic E-state index is 13.9. The lowest BCUT2D eigenvalue weighted by molar-refractivity contribution is -0.144. The highest BCUT2D eigenvalue weighted by atomic mass is 32.1. The van der Waals surface area contributed by atoms with Crippen LogP contribution in [0.25, 0.3) is 33.4 Å². The van der Waals surface area contributed by atoms with Gasteiger partial charge in [-0.2, -0.15) is 0 Å². The van der Waals surface area contributed by atoms with Crippen molar-refractivity contribution in [1.82, 2.24) is 35.2 Å². The molecule has 3 atom stereocenters. The summed E-state index contributed by atoms with van der Waals surface area (Å²) in [5.74, 6) is -0.565. The highest BCUT2D eigenvalue weighted by Crippen LogP contribution is 2.41. The van der Waals surface area contributed by atoms with Crippen molar-refractivity contribution in [2.45, 2.75) is 98.9 Å². The van der Waals surface area contributed by atoms with Gasteiger partial charge in [0.2, 0.25) is 5.91 Å². The molecule has 1 fully saturated rings. The summed E-state index contributed by atoms with van der Waals surface area (Å²) in [6.45, 7) is 16.2. The molecule has 0 bridgehead atoms. The number of methoxy groups -OCH3 is 1. The first-order valence-corrected chi connectivity index (χ1v) is 20.3. The lowest BCUT2D eigenvalue weighted by Crippen LogP contribution is -2.58. The van der Waals surface area contributed by atoms with Crippen LogP contribution >= 0.6 is 11.3 Å². The van der Waals surface area contributed by atoms with Gasteiger partial charge in [0.1, 0.15) is 6.04 Å². The minimum Gasteiger partial charge on any atom is -0.465 e. The molecule has 55 heavy (non-hydrogen) atoms. The number of ether oxygens (including phenoxy) is 2. The molecule has 3 unspecified atom stereocenters. The van der Waals surface area contributed by atoms with Crippen LogP contribution in [0.4, 0.5) is 0 Å². The lowest BCUT2D eigenvalue weighted by Gasteiger charge is -2.33. The predicted molar refractivity (Wildman–Crippen MR) is 218 cm³/mol. The van der Waals surface area contributed by atoms with Crippen LogP contribution in [0, 0.1) is 11.3 Å². The molecule has 13 heteroatoms. The zero-order valence-corrected chi connectivity index (χ0v) is 35.0. The predicted octanol–water partition coefficient (Wildman–Crippen LogP) is 6.43. The number of amides is 2. The largest absolute Gasteiger partial charge is 0.465 e. The van der Waals surface area contributed by atoms with Crippen molar-refractivity contribution in [3.05, 3.63) is 58.2 Å². The second-order valence-corrected chi connectivity index (χ2v) is 16.8. The number of benzene rings is 1. The van der Waals surface area contributed by atoms with Crippen molar-refractivity contribution in [1.29, 1.82) is 0 Å². The standard InChI is InChI=1S/C42H59N7O5S/c1-11-48-35-17-16-29(21-31(35)32(23-42(6,7)25-54-28(5)50)39(48)30-15-14-18-43-37(30)27(4)53-10)34-24-55-36(45-34)22-33(41(52)49-20-13-12-19-44-49)46-40(51)38(26(2)3)47(8)9/h14-18,21,24,26-27,33,38,44H,11-13,19-20,22-23,25H2,1-10H3,(H,46,51). The number of hydrogen-bond donors (Lipinski definition) is 2. The van der Waals surface area contributed by atoms with E-state index in [0.717, 1.165) is 75.6 Å². The Morgan fingerprint density at radius 3 is 2.53 bits per heavy atom. The van der Waals surface area contributed by atoms with Gasteiger partial charge in [-0.15, -0.1) is 11.3 Å². The van der Waals surface area contributed by atoms with Crippen molar-refractivity contribution >= 4 is 40.0 Å². The summed E-state index contributed by atoms with van der Waals surface area (Å²) >= 11 is 1.49. The smallest absolute Gasteiger partial charge is 0.302 e. The van der Waals surface area contributed by atoms with Crippen LogP contribution in [0.1, 0.15) is 83.7 Å². The van der Waals surface area contributed by atoms with Crippen LogP contribution < -0.4 is 10.7 Å². The maximum Gasteiger partial charge on any atom is 0.302 e. The molecule has 2 amide bonds. The first-order valence-electron chi connectivity index (χ1n) is 19.4. The molecule has 1 aliphatic rings. The van der Waals surface area contributed by atoms with Gasteiger partial charge < -0.3 is 19.4 Å². The number of likely N-dealkylation sites (N-methyl/N-ethyl adjacent to an activating group) is 1. The molecule has 3 aromatic heterocycles. The highest BCUT2D eigenvalue weighted by Gasteiger charge is 2.33. The average Bonchev–Trinajstić information content (AvgIpc) is 3.74. The minimum absolute atomic E-state index is 0.0635. The molecule has 0 radical (unpaired) electrons. The van der Waals surface area contributed by atoms with E-state index in [-0.39, 0.29) is 54.3 Å². The van der Waals surface area contributed by atoms with Gasteiger partial charge in [0.05, 0.1) is 40.8 Å².